The van der Waals surface area contributed by atoms with Crippen LogP contribution in [0.2, 0.25) is 0 Å². The van der Waals surface area contributed by atoms with Gasteiger partial charge in [0.15, 0.2) is 0 Å². The molecule has 0 aliphatic heterocycles. The molecule has 3 heteroatoms. The van der Waals surface area contributed by atoms with Crippen LogP contribution in [0.1, 0.15) is 28.9 Å². The topological polar surface area (TPSA) is 34.0 Å². The Balaban J connectivity index is 1.70. The fourth-order valence-electron chi connectivity index (χ4n) is 2.40. The molecule has 1 heterocycles. The van der Waals surface area contributed by atoms with E-state index in [4.69, 9.17) is 0 Å². The molecule has 1 N–H and O–H groups in total. The zero-order chi connectivity index (χ0) is 15.4. The largest absolute Gasteiger partial charge is 0.346 e. The third kappa shape index (κ3) is 3.09. The van der Waals surface area contributed by atoms with Gasteiger partial charge >= 0.3 is 0 Å². The molecular weight excluding hydrogens is 272 g/mol. The highest BCUT2D eigenvalue weighted by molar-refractivity contribution is 5.94. The average Bonchev–Trinajstić information content (AvgIpc) is 3.10. The van der Waals surface area contributed by atoms with E-state index < -0.39 is 0 Å². The van der Waals surface area contributed by atoms with Crippen molar-refractivity contribution in [3.05, 3.63) is 90.3 Å². The molecule has 0 saturated carbocycles. The molecule has 2 aromatic carbocycles. The maximum absolute atomic E-state index is 12.3. The second kappa shape index (κ2) is 6.31. The third-order valence-corrected chi connectivity index (χ3v) is 3.68. The first-order chi connectivity index (χ1) is 10.7. The van der Waals surface area contributed by atoms with E-state index in [2.05, 4.69) is 5.32 Å². The van der Waals surface area contributed by atoms with E-state index in [1.807, 2.05) is 90.6 Å². The number of hydrogen-bond donors (Lipinski definition) is 1. The summed E-state index contributed by atoms with van der Waals surface area (Å²) in [6.07, 6.45) is 3.96. The van der Waals surface area contributed by atoms with Crippen LogP contribution in [0.5, 0.6) is 0 Å². The first-order valence-electron chi connectivity index (χ1n) is 7.33. The maximum Gasteiger partial charge on any atom is 0.251 e. The Kier molecular flexibility index (Phi) is 4.05. The van der Waals surface area contributed by atoms with Crippen LogP contribution in [0.15, 0.2) is 79.1 Å². The predicted molar refractivity (Wildman–Crippen MR) is 88.1 cm³/mol. The first kappa shape index (κ1) is 14.1. The predicted octanol–water partition coefficient (Wildman–Crippen LogP) is 3.97. The van der Waals surface area contributed by atoms with Crippen molar-refractivity contribution in [3.63, 3.8) is 0 Å². The van der Waals surface area contributed by atoms with Crippen molar-refractivity contribution in [2.45, 2.75) is 13.0 Å². The highest BCUT2D eigenvalue weighted by atomic mass is 16.1. The van der Waals surface area contributed by atoms with Crippen molar-refractivity contribution >= 4 is 5.91 Å². The van der Waals surface area contributed by atoms with Crippen molar-refractivity contribution in [3.8, 4) is 5.69 Å². The number of nitrogens with one attached hydrogen (secondary N) is 1. The molecule has 1 amide bonds. The minimum absolute atomic E-state index is 0.0159. The summed E-state index contributed by atoms with van der Waals surface area (Å²) < 4.78 is 2.01. The van der Waals surface area contributed by atoms with E-state index >= 15 is 0 Å². The molecule has 3 rings (SSSR count). The van der Waals surface area contributed by atoms with Crippen LogP contribution in [-0.2, 0) is 0 Å². The molecule has 0 aliphatic rings. The van der Waals surface area contributed by atoms with Gasteiger partial charge in [0.05, 0.1) is 6.04 Å². The Hall–Kier alpha value is -2.81. The van der Waals surface area contributed by atoms with E-state index in [1.165, 1.54) is 0 Å². The number of aromatic nitrogens is 1. The van der Waals surface area contributed by atoms with Crippen molar-refractivity contribution in [2.24, 2.45) is 0 Å². The highest BCUT2D eigenvalue weighted by Gasteiger charge is 2.11. The number of amides is 1. The molecule has 0 fully saturated rings. The molecule has 0 spiro atoms. The monoisotopic (exact) mass is 290 g/mol. The summed E-state index contributed by atoms with van der Waals surface area (Å²) in [5, 5.41) is 3.02. The summed E-state index contributed by atoms with van der Waals surface area (Å²) in [4.78, 5) is 12.3. The summed E-state index contributed by atoms with van der Waals surface area (Å²) in [7, 11) is 0. The lowest BCUT2D eigenvalue weighted by molar-refractivity contribution is 0.0940. The molecule has 0 radical (unpaired) electrons. The minimum Gasteiger partial charge on any atom is -0.346 e. The Labute approximate surface area is 130 Å². The van der Waals surface area contributed by atoms with Crippen LogP contribution in [-0.4, -0.2) is 10.5 Å². The lowest BCUT2D eigenvalue weighted by atomic mass is 10.1. The summed E-state index contributed by atoms with van der Waals surface area (Å²) in [6, 6.07) is 21.5. The first-order valence-corrected chi connectivity index (χ1v) is 7.33. The van der Waals surface area contributed by atoms with Crippen LogP contribution in [0.3, 0.4) is 0 Å². The molecule has 3 aromatic rings. The molecule has 110 valence electrons. The number of carbonyl (C=O) groups excluding carboxylic acids is 1. The van der Waals surface area contributed by atoms with Gasteiger partial charge < -0.3 is 9.88 Å². The third-order valence-electron chi connectivity index (χ3n) is 3.68. The van der Waals surface area contributed by atoms with Gasteiger partial charge in [-0.3, -0.25) is 4.79 Å². The summed E-state index contributed by atoms with van der Waals surface area (Å²) in [6.45, 7) is 1.99. The minimum atomic E-state index is -0.0598. The molecule has 0 aliphatic carbocycles. The summed E-state index contributed by atoms with van der Waals surface area (Å²) >= 11 is 0. The highest BCUT2D eigenvalue weighted by Crippen LogP contribution is 2.14. The Morgan fingerprint density at radius 3 is 2.18 bits per heavy atom. The number of benzene rings is 2. The normalized spacial score (nSPS) is 11.9. The quantitative estimate of drug-likeness (QED) is 0.775. The zero-order valence-electron chi connectivity index (χ0n) is 12.4. The van der Waals surface area contributed by atoms with E-state index in [0.717, 1.165) is 11.3 Å². The Morgan fingerprint density at radius 2 is 1.55 bits per heavy atom. The van der Waals surface area contributed by atoms with Crippen molar-refractivity contribution in [1.82, 2.24) is 9.88 Å². The van der Waals surface area contributed by atoms with Crippen molar-refractivity contribution in [1.29, 1.82) is 0 Å². The van der Waals surface area contributed by atoms with Crippen LogP contribution in [0.25, 0.3) is 5.69 Å². The van der Waals surface area contributed by atoms with E-state index in [-0.39, 0.29) is 11.9 Å². The molecule has 22 heavy (non-hydrogen) atoms. The van der Waals surface area contributed by atoms with Gasteiger partial charge in [0.25, 0.3) is 5.91 Å². The molecule has 0 bridgehead atoms. The van der Waals surface area contributed by atoms with Crippen molar-refractivity contribution < 1.29 is 4.79 Å². The number of hydrogen-bond acceptors (Lipinski definition) is 1. The zero-order valence-corrected chi connectivity index (χ0v) is 12.4. The van der Waals surface area contributed by atoms with Crippen molar-refractivity contribution in [2.75, 3.05) is 0 Å². The van der Waals surface area contributed by atoms with E-state index in [0.29, 0.717) is 5.56 Å². The van der Waals surface area contributed by atoms with Gasteiger partial charge in [0.1, 0.15) is 0 Å². The maximum atomic E-state index is 12.3. The molecule has 1 atom stereocenters. The Morgan fingerprint density at radius 1 is 0.909 bits per heavy atom. The van der Waals surface area contributed by atoms with E-state index in [9.17, 15) is 4.79 Å². The van der Waals surface area contributed by atoms with Gasteiger partial charge in [0, 0.05) is 23.6 Å². The number of rotatable bonds is 4. The summed E-state index contributed by atoms with van der Waals surface area (Å²) in [5.74, 6) is -0.0598. The standard InChI is InChI=1S/C19H18N2O/c1-15(16-7-3-2-4-8-16)20-19(22)17-9-11-18(12-10-17)21-13-5-6-14-21/h2-15H,1H3,(H,20,22). The second-order valence-corrected chi connectivity index (χ2v) is 5.24. The SMILES string of the molecule is CC(NC(=O)c1ccc(-n2cccc2)cc1)c1ccccc1. The average molecular weight is 290 g/mol. The molecule has 1 unspecified atom stereocenters. The lowest BCUT2D eigenvalue weighted by Crippen LogP contribution is -2.26. The number of carbonyl (C=O) groups is 1. The molecular formula is C19H18N2O. The van der Waals surface area contributed by atoms with Gasteiger partial charge in [-0.25, -0.2) is 0 Å². The van der Waals surface area contributed by atoms with E-state index in [1.54, 1.807) is 0 Å². The fourth-order valence-corrected chi connectivity index (χ4v) is 2.40. The summed E-state index contributed by atoms with van der Waals surface area (Å²) in [5.41, 5.74) is 2.80. The van der Waals surface area contributed by atoms with Crippen LogP contribution < -0.4 is 5.32 Å². The van der Waals surface area contributed by atoms with Crippen LogP contribution in [0, 0.1) is 0 Å². The van der Waals surface area contributed by atoms with Gasteiger partial charge in [-0.05, 0) is 48.9 Å². The Bertz CT molecular complexity index is 731. The fraction of sp³-hybridized carbons (Fsp3) is 0.105. The molecule has 1 aromatic heterocycles. The smallest absolute Gasteiger partial charge is 0.251 e. The lowest BCUT2D eigenvalue weighted by Gasteiger charge is -2.14. The van der Waals surface area contributed by atoms with Gasteiger partial charge in [-0.15, -0.1) is 0 Å². The van der Waals surface area contributed by atoms with Crippen LogP contribution >= 0.6 is 0 Å². The van der Waals surface area contributed by atoms with Gasteiger partial charge in [-0.2, -0.15) is 0 Å². The molecule has 3 nitrogen and oxygen atoms in total. The second-order valence-electron chi connectivity index (χ2n) is 5.24. The van der Waals surface area contributed by atoms with Crippen LogP contribution in [0.4, 0.5) is 0 Å². The molecule has 0 saturated heterocycles. The van der Waals surface area contributed by atoms with Gasteiger partial charge in [0.2, 0.25) is 0 Å². The number of nitrogens with zero attached hydrogens (tertiary/aromatic N) is 1. The van der Waals surface area contributed by atoms with Gasteiger partial charge in [-0.1, -0.05) is 30.3 Å².